The molecule has 0 unspecified atom stereocenters. The number of hydrogen-bond acceptors (Lipinski definition) is 2. The van der Waals surface area contributed by atoms with Crippen molar-refractivity contribution < 1.29 is 4.74 Å². The number of unbranched alkanes of at least 4 members (excludes halogenated alkanes) is 1. The third kappa shape index (κ3) is 3.76. The van der Waals surface area contributed by atoms with Crippen LogP contribution < -0.4 is 10.5 Å². The van der Waals surface area contributed by atoms with Gasteiger partial charge in [0.25, 0.3) is 0 Å². The monoisotopic (exact) mass is 205 g/mol. The van der Waals surface area contributed by atoms with Gasteiger partial charge in [-0.3, -0.25) is 0 Å². The van der Waals surface area contributed by atoms with Crippen LogP contribution in [0.5, 0.6) is 5.75 Å². The Morgan fingerprint density at radius 1 is 1.33 bits per heavy atom. The average Bonchev–Trinajstić information content (AvgIpc) is 2.29. The molecular formula is C13H19NO. The van der Waals surface area contributed by atoms with E-state index in [-0.39, 0.29) is 0 Å². The molecule has 1 rings (SSSR count). The Kier molecular flexibility index (Phi) is 4.91. The topological polar surface area (TPSA) is 35.2 Å². The van der Waals surface area contributed by atoms with E-state index in [4.69, 9.17) is 10.5 Å². The Bertz CT molecular complexity index is 314. The van der Waals surface area contributed by atoms with Crippen molar-refractivity contribution in [1.82, 2.24) is 0 Å². The Hall–Kier alpha value is -1.28. The van der Waals surface area contributed by atoms with Gasteiger partial charge < -0.3 is 10.5 Å². The van der Waals surface area contributed by atoms with Crippen molar-refractivity contribution in [3.05, 3.63) is 35.9 Å². The first-order chi connectivity index (χ1) is 7.27. The van der Waals surface area contributed by atoms with Crippen molar-refractivity contribution in [2.75, 3.05) is 13.7 Å². The summed E-state index contributed by atoms with van der Waals surface area (Å²) in [6, 6.07) is 8.12. The summed E-state index contributed by atoms with van der Waals surface area (Å²) in [7, 11) is 1.68. The maximum absolute atomic E-state index is 5.45. The van der Waals surface area contributed by atoms with Crippen LogP contribution in [0.25, 0.3) is 5.57 Å². The van der Waals surface area contributed by atoms with Crippen molar-refractivity contribution in [1.29, 1.82) is 0 Å². The van der Waals surface area contributed by atoms with Gasteiger partial charge in [0, 0.05) is 0 Å². The summed E-state index contributed by atoms with van der Waals surface area (Å²) in [5.41, 5.74) is 7.99. The van der Waals surface area contributed by atoms with Gasteiger partial charge in [0.1, 0.15) is 5.75 Å². The van der Waals surface area contributed by atoms with E-state index < -0.39 is 0 Å². The Labute approximate surface area is 91.7 Å². The van der Waals surface area contributed by atoms with Gasteiger partial charge in [-0.2, -0.15) is 0 Å². The normalized spacial score (nSPS) is 11.5. The van der Waals surface area contributed by atoms with Crippen LogP contribution in [0, 0.1) is 0 Å². The molecule has 82 valence electrons. The second kappa shape index (κ2) is 6.25. The van der Waals surface area contributed by atoms with Gasteiger partial charge in [-0.1, -0.05) is 18.2 Å². The summed E-state index contributed by atoms with van der Waals surface area (Å²) in [6.45, 7) is 2.88. The lowest BCUT2D eigenvalue weighted by molar-refractivity contribution is 0.415. The van der Waals surface area contributed by atoms with E-state index in [1.54, 1.807) is 7.11 Å². The molecule has 1 aromatic carbocycles. The van der Waals surface area contributed by atoms with Gasteiger partial charge in [-0.15, -0.1) is 0 Å². The fourth-order valence-electron chi connectivity index (χ4n) is 1.41. The van der Waals surface area contributed by atoms with E-state index in [1.807, 2.05) is 12.1 Å². The van der Waals surface area contributed by atoms with E-state index in [0.717, 1.165) is 25.1 Å². The van der Waals surface area contributed by atoms with Crippen LogP contribution in [0.2, 0.25) is 0 Å². The third-order valence-electron chi connectivity index (χ3n) is 2.40. The molecule has 2 heteroatoms. The predicted octanol–water partition coefficient (Wildman–Crippen LogP) is 2.84. The minimum Gasteiger partial charge on any atom is -0.497 e. The van der Waals surface area contributed by atoms with Crippen LogP contribution in [0.15, 0.2) is 30.3 Å². The fourth-order valence-corrected chi connectivity index (χ4v) is 1.41. The quantitative estimate of drug-likeness (QED) is 0.750. The Balaban J connectivity index is 2.65. The highest BCUT2D eigenvalue weighted by Gasteiger charge is 1.95. The van der Waals surface area contributed by atoms with Crippen LogP contribution in [0.4, 0.5) is 0 Å². The molecule has 0 aromatic heterocycles. The predicted molar refractivity (Wildman–Crippen MR) is 64.9 cm³/mol. The number of methoxy groups -OCH3 is 1. The minimum absolute atomic E-state index is 0.756. The number of benzene rings is 1. The van der Waals surface area contributed by atoms with Gasteiger partial charge in [-0.25, -0.2) is 0 Å². The van der Waals surface area contributed by atoms with Gasteiger partial charge in [-0.05, 0) is 49.6 Å². The highest BCUT2D eigenvalue weighted by molar-refractivity contribution is 5.64. The lowest BCUT2D eigenvalue weighted by atomic mass is 10.1. The Morgan fingerprint density at radius 3 is 2.53 bits per heavy atom. The fraction of sp³-hybridized carbons (Fsp3) is 0.385. The lowest BCUT2D eigenvalue weighted by Crippen LogP contribution is -1.96. The first-order valence-electron chi connectivity index (χ1n) is 5.29. The average molecular weight is 205 g/mol. The SMILES string of the molecule is COc1ccc(/C(C)=C/CCCN)cc1. The second-order valence-corrected chi connectivity index (χ2v) is 3.55. The number of nitrogens with two attached hydrogens (primary N) is 1. The zero-order valence-corrected chi connectivity index (χ0v) is 9.49. The second-order valence-electron chi connectivity index (χ2n) is 3.55. The van der Waals surface area contributed by atoms with Crippen molar-refractivity contribution in [3.8, 4) is 5.75 Å². The number of allylic oxidation sites excluding steroid dienone is 2. The van der Waals surface area contributed by atoms with Crippen LogP contribution in [0.1, 0.15) is 25.3 Å². The van der Waals surface area contributed by atoms with Gasteiger partial charge in [0.05, 0.1) is 7.11 Å². The smallest absolute Gasteiger partial charge is 0.118 e. The molecule has 0 saturated heterocycles. The highest BCUT2D eigenvalue weighted by Crippen LogP contribution is 2.18. The number of rotatable bonds is 5. The molecule has 0 saturated carbocycles. The molecule has 15 heavy (non-hydrogen) atoms. The Morgan fingerprint density at radius 2 is 2.00 bits per heavy atom. The van der Waals surface area contributed by atoms with Crippen LogP contribution in [0.3, 0.4) is 0 Å². The molecule has 2 nitrogen and oxygen atoms in total. The van der Waals surface area contributed by atoms with Crippen LogP contribution >= 0.6 is 0 Å². The van der Waals surface area contributed by atoms with Crippen molar-refractivity contribution in [2.45, 2.75) is 19.8 Å². The molecule has 0 aliphatic carbocycles. The van der Waals surface area contributed by atoms with Gasteiger partial charge in [0.2, 0.25) is 0 Å². The summed E-state index contributed by atoms with van der Waals surface area (Å²) in [6.07, 6.45) is 4.33. The first kappa shape index (κ1) is 11.8. The molecule has 0 spiro atoms. The van der Waals surface area contributed by atoms with E-state index in [2.05, 4.69) is 25.1 Å². The molecule has 2 N–H and O–H groups in total. The molecule has 0 fully saturated rings. The zero-order valence-electron chi connectivity index (χ0n) is 9.49. The highest BCUT2D eigenvalue weighted by atomic mass is 16.5. The summed E-state index contributed by atoms with van der Waals surface area (Å²) in [5, 5.41) is 0. The maximum Gasteiger partial charge on any atom is 0.118 e. The van der Waals surface area contributed by atoms with E-state index >= 15 is 0 Å². The lowest BCUT2D eigenvalue weighted by Gasteiger charge is -2.03. The molecular weight excluding hydrogens is 186 g/mol. The van der Waals surface area contributed by atoms with E-state index in [0.29, 0.717) is 0 Å². The maximum atomic E-state index is 5.45. The molecule has 0 radical (unpaired) electrons. The summed E-state index contributed by atoms with van der Waals surface area (Å²) in [4.78, 5) is 0. The largest absolute Gasteiger partial charge is 0.497 e. The van der Waals surface area contributed by atoms with Crippen molar-refractivity contribution >= 4 is 5.57 Å². The van der Waals surface area contributed by atoms with Crippen molar-refractivity contribution in [2.24, 2.45) is 5.73 Å². The minimum atomic E-state index is 0.756. The number of hydrogen-bond donors (Lipinski definition) is 1. The zero-order chi connectivity index (χ0) is 11.1. The van der Waals surface area contributed by atoms with Crippen LogP contribution in [-0.4, -0.2) is 13.7 Å². The molecule has 0 amide bonds. The van der Waals surface area contributed by atoms with Gasteiger partial charge in [0.15, 0.2) is 0 Å². The van der Waals surface area contributed by atoms with E-state index in [9.17, 15) is 0 Å². The van der Waals surface area contributed by atoms with E-state index in [1.165, 1.54) is 11.1 Å². The third-order valence-corrected chi connectivity index (χ3v) is 2.40. The molecule has 0 aliphatic rings. The summed E-state index contributed by atoms with van der Waals surface area (Å²) >= 11 is 0. The van der Waals surface area contributed by atoms with Gasteiger partial charge >= 0.3 is 0 Å². The van der Waals surface area contributed by atoms with Crippen LogP contribution in [-0.2, 0) is 0 Å². The molecule has 0 aliphatic heterocycles. The summed E-state index contributed by atoms with van der Waals surface area (Å²) < 4.78 is 5.11. The molecule has 0 heterocycles. The standard InChI is InChI=1S/C13H19NO/c1-11(5-3-4-10-14)12-6-8-13(15-2)9-7-12/h5-9H,3-4,10,14H2,1-2H3/b11-5+. The van der Waals surface area contributed by atoms with Crippen molar-refractivity contribution in [3.63, 3.8) is 0 Å². The molecule has 0 bridgehead atoms. The summed E-state index contributed by atoms with van der Waals surface area (Å²) in [5.74, 6) is 0.897. The molecule has 1 aromatic rings. The molecule has 0 atom stereocenters. The first-order valence-corrected chi connectivity index (χ1v) is 5.29. The number of ether oxygens (including phenoxy) is 1.